The van der Waals surface area contributed by atoms with Gasteiger partial charge in [0.05, 0.1) is 0 Å². The zero-order chi connectivity index (χ0) is 24.6. The van der Waals surface area contributed by atoms with Gasteiger partial charge in [-0.1, -0.05) is 60.4 Å². The fraction of sp³-hybridized carbons (Fsp3) is 0.700. The number of piperazine rings is 1. The highest BCUT2D eigenvalue weighted by Crippen LogP contribution is 2.14. The van der Waals surface area contributed by atoms with Crippen LogP contribution in [0.25, 0.3) is 0 Å². The molecule has 0 radical (unpaired) electrons. The molecule has 0 aromatic carbocycles. The van der Waals surface area contributed by atoms with E-state index in [2.05, 4.69) is 82.6 Å². The van der Waals surface area contributed by atoms with Crippen molar-refractivity contribution in [3.8, 4) is 0 Å². The first-order chi connectivity index (χ1) is 15.7. The minimum Gasteiger partial charge on any atom is -0.340 e. The van der Waals surface area contributed by atoms with Crippen LogP contribution in [0.15, 0.2) is 46.6 Å². The van der Waals surface area contributed by atoms with Crippen molar-refractivity contribution in [2.45, 2.75) is 99.8 Å². The minimum atomic E-state index is 0.322. The molecule has 1 rings (SSSR count). The lowest BCUT2D eigenvalue weighted by Crippen LogP contribution is -2.49. The Kier molecular flexibility index (Phi) is 15.1. The molecule has 0 unspecified atom stereocenters. The average Bonchev–Trinajstić information content (AvgIpc) is 2.73. The van der Waals surface area contributed by atoms with Gasteiger partial charge in [-0.15, -0.1) is 0 Å². The first kappa shape index (κ1) is 29.4. The highest BCUT2D eigenvalue weighted by Gasteiger charge is 2.20. The Morgan fingerprint density at radius 3 is 1.52 bits per heavy atom. The summed E-state index contributed by atoms with van der Waals surface area (Å²) in [5.74, 6) is 1.02. The third-order valence-corrected chi connectivity index (χ3v) is 6.35. The van der Waals surface area contributed by atoms with Gasteiger partial charge < -0.3 is 4.90 Å². The highest BCUT2D eigenvalue weighted by molar-refractivity contribution is 5.76. The number of hydrogen-bond acceptors (Lipinski definition) is 2. The molecule has 0 aromatic rings. The fourth-order valence-corrected chi connectivity index (χ4v) is 4.28. The average molecular weight is 457 g/mol. The topological polar surface area (TPSA) is 23.6 Å². The van der Waals surface area contributed by atoms with Crippen molar-refractivity contribution >= 4 is 5.91 Å². The zero-order valence-electron chi connectivity index (χ0n) is 22.9. The summed E-state index contributed by atoms with van der Waals surface area (Å²) >= 11 is 0. The second-order valence-electron chi connectivity index (χ2n) is 10.7. The molecule has 1 amide bonds. The standard InChI is InChI=1S/C30H52N2O/c1-25(2)12-8-13-27(5)14-9-15-28(6)16-10-17-29(7)18-11-19-30(33)32-22-20-31(21-23-32)24-26(3)4/h12,14,16,18,26H,8-11,13,15,17,19-24H2,1-7H3/b27-14+,28-16?,29-18+. The zero-order valence-corrected chi connectivity index (χ0v) is 22.9. The van der Waals surface area contributed by atoms with E-state index in [1.807, 2.05) is 0 Å². The third kappa shape index (κ3) is 15.0. The molecule has 0 aromatic heterocycles. The molecule has 0 saturated carbocycles. The first-order valence-corrected chi connectivity index (χ1v) is 13.3. The first-order valence-electron chi connectivity index (χ1n) is 13.3. The van der Waals surface area contributed by atoms with Crippen LogP contribution >= 0.6 is 0 Å². The monoisotopic (exact) mass is 456 g/mol. The number of nitrogens with zero attached hydrogens (tertiary/aromatic N) is 2. The predicted molar refractivity (Wildman–Crippen MR) is 145 cm³/mol. The Labute approximate surface area is 205 Å². The van der Waals surface area contributed by atoms with Crippen molar-refractivity contribution in [3.05, 3.63) is 46.6 Å². The van der Waals surface area contributed by atoms with E-state index in [0.717, 1.165) is 71.2 Å². The molecule has 0 atom stereocenters. The Balaban J connectivity index is 2.21. The van der Waals surface area contributed by atoms with Crippen LogP contribution in [-0.2, 0) is 4.79 Å². The lowest BCUT2D eigenvalue weighted by molar-refractivity contribution is -0.132. The van der Waals surface area contributed by atoms with Crippen molar-refractivity contribution in [2.75, 3.05) is 32.7 Å². The molecule has 1 aliphatic heterocycles. The Morgan fingerprint density at radius 2 is 1.09 bits per heavy atom. The van der Waals surface area contributed by atoms with Gasteiger partial charge in [-0.25, -0.2) is 0 Å². The van der Waals surface area contributed by atoms with Crippen LogP contribution in [-0.4, -0.2) is 48.4 Å². The van der Waals surface area contributed by atoms with Gasteiger partial charge >= 0.3 is 0 Å². The smallest absolute Gasteiger partial charge is 0.222 e. The Hall–Kier alpha value is -1.61. The molecule has 1 heterocycles. The maximum Gasteiger partial charge on any atom is 0.222 e. The number of carbonyl (C=O) groups is 1. The number of carbonyl (C=O) groups excluding carboxylic acids is 1. The van der Waals surface area contributed by atoms with Crippen LogP contribution in [0.1, 0.15) is 99.8 Å². The van der Waals surface area contributed by atoms with Gasteiger partial charge in [-0.3, -0.25) is 9.69 Å². The SMILES string of the molecule is CC(C)=CCC/C(C)=C/CCC(C)=CCC/C(C)=C/CCC(=O)N1CCN(CC(C)C)CC1. The van der Waals surface area contributed by atoms with E-state index in [0.29, 0.717) is 18.2 Å². The second kappa shape index (κ2) is 16.9. The fourth-order valence-electron chi connectivity index (χ4n) is 4.28. The molecule has 0 spiro atoms. The van der Waals surface area contributed by atoms with E-state index < -0.39 is 0 Å². The van der Waals surface area contributed by atoms with Crippen LogP contribution in [0.3, 0.4) is 0 Å². The summed E-state index contributed by atoms with van der Waals surface area (Å²) in [6.45, 7) is 20.5. The summed E-state index contributed by atoms with van der Waals surface area (Å²) in [6, 6.07) is 0. The molecule has 3 heteroatoms. The van der Waals surface area contributed by atoms with Gasteiger partial charge in [0, 0.05) is 39.1 Å². The second-order valence-corrected chi connectivity index (χ2v) is 10.7. The van der Waals surface area contributed by atoms with Gasteiger partial charge in [0.15, 0.2) is 0 Å². The Bertz CT molecular complexity index is 684. The molecule has 0 bridgehead atoms. The maximum atomic E-state index is 12.5. The molecular weight excluding hydrogens is 404 g/mol. The summed E-state index contributed by atoms with van der Waals surface area (Å²) in [6.07, 6.45) is 17.7. The van der Waals surface area contributed by atoms with Crippen LogP contribution in [0.2, 0.25) is 0 Å². The summed E-state index contributed by atoms with van der Waals surface area (Å²) in [7, 11) is 0. The molecule has 33 heavy (non-hydrogen) atoms. The van der Waals surface area contributed by atoms with E-state index in [9.17, 15) is 4.79 Å². The summed E-state index contributed by atoms with van der Waals surface area (Å²) in [5, 5.41) is 0. The van der Waals surface area contributed by atoms with Crippen LogP contribution in [0, 0.1) is 5.92 Å². The minimum absolute atomic E-state index is 0.322. The van der Waals surface area contributed by atoms with Gasteiger partial charge in [-0.2, -0.15) is 0 Å². The normalized spacial score (nSPS) is 16.5. The molecule has 3 nitrogen and oxygen atoms in total. The molecule has 188 valence electrons. The lowest BCUT2D eigenvalue weighted by Gasteiger charge is -2.35. The van der Waals surface area contributed by atoms with Crippen molar-refractivity contribution in [3.63, 3.8) is 0 Å². The lowest BCUT2D eigenvalue weighted by atomic mass is 10.0. The molecule has 0 aliphatic carbocycles. The van der Waals surface area contributed by atoms with Crippen molar-refractivity contribution in [1.29, 1.82) is 0 Å². The van der Waals surface area contributed by atoms with Gasteiger partial charge in [0.25, 0.3) is 0 Å². The molecular formula is C30H52N2O. The van der Waals surface area contributed by atoms with Crippen molar-refractivity contribution in [2.24, 2.45) is 5.92 Å². The quantitative estimate of drug-likeness (QED) is 0.250. The molecule has 1 fully saturated rings. The highest BCUT2D eigenvalue weighted by atomic mass is 16.2. The van der Waals surface area contributed by atoms with E-state index >= 15 is 0 Å². The molecule has 1 saturated heterocycles. The van der Waals surface area contributed by atoms with E-state index in [-0.39, 0.29) is 0 Å². The van der Waals surface area contributed by atoms with E-state index in [4.69, 9.17) is 0 Å². The van der Waals surface area contributed by atoms with Gasteiger partial charge in [0.2, 0.25) is 5.91 Å². The molecule has 0 N–H and O–H groups in total. The van der Waals surface area contributed by atoms with Gasteiger partial charge in [0.1, 0.15) is 0 Å². The predicted octanol–water partition coefficient (Wildman–Crippen LogP) is 7.71. The number of allylic oxidation sites excluding steroid dienone is 8. The van der Waals surface area contributed by atoms with Crippen LogP contribution in [0.5, 0.6) is 0 Å². The van der Waals surface area contributed by atoms with Crippen molar-refractivity contribution < 1.29 is 4.79 Å². The van der Waals surface area contributed by atoms with E-state index in [1.165, 1.54) is 28.7 Å². The summed E-state index contributed by atoms with van der Waals surface area (Å²) < 4.78 is 0. The number of rotatable bonds is 14. The Morgan fingerprint density at radius 1 is 0.667 bits per heavy atom. The summed E-state index contributed by atoms with van der Waals surface area (Å²) in [4.78, 5) is 17.1. The van der Waals surface area contributed by atoms with E-state index in [1.54, 1.807) is 0 Å². The number of hydrogen-bond donors (Lipinski definition) is 0. The molecule has 1 aliphatic rings. The third-order valence-electron chi connectivity index (χ3n) is 6.35. The largest absolute Gasteiger partial charge is 0.340 e. The maximum absolute atomic E-state index is 12.5. The number of amides is 1. The van der Waals surface area contributed by atoms with Crippen LogP contribution < -0.4 is 0 Å². The van der Waals surface area contributed by atoms with Crippen molar-refractivity contribution in [1.82, 2.24) is 9.80 Å². The summed E-state index contributed by atoms with van der Waals surface area (Å²) in [5.41, 5.74) is 5.81. The van der Waals surface area contributed by atoms with Gasteiger partial charge in [-0.05, 0) is 85.5 Å². The van der Waals surface area contributed by atoms with Crippen LogP contribution in [0.4, 0.5) is 0 Å².